The number of nitrogens with zero attached hydrogens (tertiary/aromatic N) is 1. The fourth-order valence-corrected chi connectivity index (χ4v) is 5.42. The summed E-state index contributed by atoms with van der Waals surface area (Å²) in [5.74, 6) is 0.882. The van der Waals surface area contributed by atoms with Crippen molar-refractivity contribution in [2.24, 2.45) is 5.73 Å². The van der Waals surface area contributed by atoms with Crippen molar-refractivity contribution in [2.75, 3.05) is 33.4 Å². The van der Waals surface area contributed by atoms with Gasteiger partial charge >= 0.3 is 0 Å². The number of hydrogen-bond donors (Lipinski definition) is 1. The number of primary amides is 1. The molecule has 0 aromatic heterocycles. The molecule has 0 atom stereocenters. The molecule has 0 spiro atoms. The molecule has 0 saturated heterocycles. The lowest BCUT2D eigenvalue weighted by molar-refractivity contribution is 0.0999. The monoisotopic (exact) mass is 532 g/mol. The van der Waals surface area contributed by atoms with E-state index in [4.69, 9.17) is 15.2 Å². The van der Waals surface area contributed by atoms with Crippen LogP contribution in [-0.2, 0) is 6.42 Å². The van der Waals surface area contributed by atoms with E-state index in [-0.39, 0.29) is 5.92 Å². The van der Waals surface area contributed by atoms with E-state index in [1.165, 1.54) is 27.8 Å². The van der Waals surface area contributed by atoms with E-state index in [9.17, 15) is 4.79 Å². The van der Waals surface area contributed by atoms with Crippen LogP contribution in [0.3, 0.4) is 0 Å². The Morgan fingerprint density at radius 1 is 0.875 bits per heavy atom. The van der Waals surface area contributed by atoms with Gasteiger partial charge in [-0.05, 0) is 53.3 Å². The van der Waals surface area contributed by atoms with Gasteiger partial charge in [0.05, 0.1) is 13.7 Å². The van der Waals surface area contributed by atoms with Crippen LogP contribution in [0.2, 0.25) is 0 Å². The van der Waals surface area contributed by atoms with E-state index in [2.05, 4.69) is 95.9 Å². The molecule has 5 rings (SSSR count). The standard InChI is InChI=1S/C35H36N2O3/c1-39-33-18-17-31(35(36)38)23-34(33)40-20-10-19-37(24-26-21-29-15-8-9-16-30(29)22-26)25-32(27-11-4-2-5-12-27)28-13-6-3-7-14-28/h2-9,11-18,21,23,32H,10,19-20,22,24-25H2,1H3,(H2,36,38). The highest BCUT2D eigenvalue weighted by molar-refractivity contribution is 5.93. The number of benzene rings is 4. The van der Waals surface area contributed by atoms with Crippen LogP contribution >= 0.6 is 0 Å². The number of rotatable bonds is 13. The molecule has 0 fully saturated rings. The van der Waals surface area contributed by atoms with Gasteiger partial charge in [0.1, 0.15) is 0 Å². The summed E-state index contributed by atoms with van der Waals surface area (Å²) in [4.78, 5) is 14.2. The van der Waals surface area contributed by atoms with Gasteiger partial charge in [-0.1, -0.05) is 96.6 Å². The number of carbonyl (C=O) groups is 1. The molecule has 0 radical (unpaired) electrons. The Bertz CT molecular complexity index is 1410. The number of hydrogen-bond acceptors (Lipinski definition) is 4. The van der Waals surface area contributed by atoms with Gasteiger partial charge in [0.15, 0.2) is 11.5 Å². The second kappa shape index (κ2) is 13.1. The third kappa shape index (κ3) is 6.80. The molecule has 2 N–H and O–H groups in total. The average molecular weight is 533 g/mol. The van der Waals surface area contributed by atoms with Gasteiger partial charge < -0.3 is 15.2 Å². The van der Waals surface area contributed by atoms with Gasteiger partial charge in [-0.3, -0.25) is 9.69 Å². The summed E-state index contributed by atoms with van der Waals surface area (Å²) >= 11 is 0. The van der Waals surface area contributed by atoms with Crippen LogP contribution in [0.25, 0.3) is 6.08 Å². The van der Waals surface area contributed by atoms with Gasteiger partial charge in [-0.25, -0.2) is 0 Å². The Balaban J connectivity index is 1.32. The zero-order valence-electron chi connectivity index (χ0n) is 23.0. The molecule has 0 heterocycles. The minimum Gasteiger partial charge on any atom is -0.493 e. The highest BCUT2D eigenvalue weighted by Crippen LogP contribution is 2.30. The SMILES string of the molecule is COc1ccc(C(N)=O)cc1OCCCN(CC1=Cc2ccccc2C1)CC(c1ccccc1)c1ccccc1. The fourth-order valence-electron chi connectivity index (χ4n) is 5.42. The van der Waals surface area contributed by atoms with Crippen molar-refractivity contribution in [3.05, 3.63) is 137 Å². The first-order chi connectivity index (χ1) is 19.6. The first kappa shape index (κ1) is 27.2. The summed E-state index contributed by atoms with van der Waals surface area (Å²) in [6, 6.07) is 35.2. The van der Waals surface area contributed by atoms with Crippen molar-refractivity contribution in [3.63, 3.8) is 0 Å². The Kier molecular flexibility index (Phi) is 8.94. The molecule has 0 bridgehead atoms. The molecule has 5 heteroatoms. The number of ether oxygens (including phenoxy) is 2. The lowest BCUT2D eigenvalue weighted by Crippen LogP contribution is -2.33. The molecular formula is C35H36N2O3. The van der Waals surface area contributed by atoms with Crippen molar-refractivity contribution in [2.45, 2.75) is 18.8 Å². The molecule has 4 aromatic carbocycles. The molecule has 204 valence electrons. The normalized spacial score (nSPS) is 12.3. The van der Waals surface area contributed by atoms with Gasteiger partial charge in [-0.15, -0.1) is 0 Å². The molecule has 0 unspecified atom stereocenters. The number of fused-ring (bicyclic) bond motifs is 1. The summed E-state index contributed by atoms with van der Waals surface area (Å²) in [5.41, 5.74) is 12.6. The average Bonchev–Trinajstić information content (AvgIpc) is 3.41. The van der Waals surface area contributed by atoms with Gasteiger partial charge in [-0.2, -0.15) is 0 Å². The minimum absolute atomic E-state index is 0.250. The lowest BCUT2D eigenvalue weighted by Gasteiger charge is -2.29. The van der Waals surface area contributed by atoms with E-state index in [0.717, 1.165) is 32.5 Å². The Labute approximate surface area is 236 Å². The van der Waals surface area contributed by atoms with Crippen molar-refractivity contribution >= 4 is 12.0 Å². The molecule has 5 nitrogen and oxygen atoms in total. The van der Waals surface area contributed by atoms with Crippen LogP contribution in [0.1, 0.15) is 45.0 Å². The summed E-state index contributed by atoms with van der Waals surface area (Å²) in [5, 5.41) is 0. The van der Waals surface area contributed by atoms with Crippen molar-refractivity contribution < 1.29 is 14.3 Å². The number of amides is 1. The Morgan fingerprint density at radius 3 is 2.20 bits per heavy atom. The maximum absolute atomic E-state index is 11.7. The zero-order chi connectivity index (χ0) is 27.7. The third-order valence-electron chi connectivity index (χ3n) is 7.43. The highest BCUT2D eigenvalue weighted by Gasteiger charge is 2.21. The third-order valence-corrected chi connectivity index (χ3v) is 7.43. The topological polar surface area (TPSA) is 64.8 Å². The van der Waals surface area contributed by atoms with Gasteiger partial charge in [0, 0.05) is 31.1 Å². The van der Waals surface area contributed by atoms with Crippen LogP contribution in [0.4, 0.5) is 0 Å². The number of carbonyl (C=O) groups excluding carboxylic acids is 1. The molecule has 0 aliphatic heterocycles. The predicted molar refractivity (Wildman–Crippen MR) is 161 cm³/mol. The van der Waals surface area contributed by atoms with Crippen LogP contribution < -0.4 is 15.2 Å². The first-order valence-electron chi connectivity index (χ1n) is 13.8. The minimum atomic E-state index is -0.489. The van der Waals surface area contributed by atoms with E-state index in [0.29, 0.717) is 23.7 Å². The molecule has 0 saturated carbocycles. The first-order valence-corrected chi connectivity index (χ1v) is 13.8. The summed E-state index contributed by atoms with van der Waals surface area (Å²) in [6.07, 6.45) is 4.15. The zero-order valence-corrected chi connectivity index (χ0v) is 23.0. The largest absolute Gasteiger partial charge is 0.493 e. The van der Waals surface area contributed by atoms with Crippen LogP contribution in [0.15, 0.2) is 109 Å². The summed E-state index contributed by atoms with van der Waals surface area (Å²) in [7, 11) is 1.59. The number of methoxy groups -OCH3 is 1. The second-order valence-corrected chi connectivity index (χ2v) is 10.2. The molecule has 4 aromatic rings. The summed E-state index contributed by atoms with van der Waals surface area (Å²) in [6.45, 7) is 3.14. The molecule has 40 heavy (non-hydrogen) atoms. The van der Waals surface area contributed by atoms with E-state index in [1.54, 1.807) is 25.3 Å². The summed E-state index contributed by atoms with van der Waals surface area (Å²) < 4.78 is 11.5. The number of nitrogens with two attached hydrogens (primary N) is 1. The molecule has 1 amide bonds. The molecule has 1 aliphatic rings. The van der Waals surface area contributed by atoms with E-state index >= 15 is 0 Å². The highest BCUT2D eigenvalue weighted by atomic mass is 16.5. The maximum Gasteiger partial charge on any atom is 0.248 e. The van der Waals surface area contributed by atoms with E-state index in [1.807, 2.05) is 0 Å². The van der Waals surface area contributed by atoms with Crippen molar-refractivity contribution in [1.82, 2.24) is 4.90 Å². The van der Waals surface area contributed by atoms with Crippen LogP contribution in [0.5, 0.6) is 11.5 Å². The van der Waals surface area contributed by atoms with Crippen LogP contribution in [-0.4, -0.2) is 44.2 Å². The Morgan fingerprint density at radius 2 is 1.55 bits per heavy atom. The Hall–Kier alpha value is -4.35. The van der Waals surface area contributed by atoms with E-state index < -0.39 is 5.91 Å². The van der Waals surface area contributed by atoms with Gasteiger partial charge in [0.25, 0.3) is 0 Å². The molecule has 1 aliphatic carbocycles. The predicted octanol–water partition coefficient (Wildman–Crippen LogP) is 6.34. The fraction of sp³-hybridized carbons (Fsp3) is 0.229. The lowest BCUT2D eigenvalue weighted by atomic mass is 9.90. The van der Waals surface area contributed by atoms with Gasteiger partial charge in [0.2, 0.25) is 5.91 Å². The van der Waals surface area contributed by atoms with Crippen LogP contribution in [0, 0.1) is 0 Å². The van der Waals surface area contributed by atoms with Crippen molar-refractivity contribution in [1.29, 1.82) is 0 Å². The van der Waals surface area contributed by atoms with Crippen molar-refractivity contribution in [3.8, 4) is 11.5 Å². The second-order valence-electron chi connectivity index (χ2n) is 10.2. The quantitative estimate of drug-likeness (QED) is 0.204. The maximum atomic E-state index is 11.7. The molecular weight excluding hydrogens is 496 g/mol. The smallest absolute Gasteiger partial charge is 0.248 e.